The Morgan fingerprint density at radius 2 is 1.75 bits per heavy atom. The first kappa shape index (κ1) is 28.4. The van der Waals surface area contributed by atoms with Crippen molar-refractivity contribution in [3.8, 4) is 5.75 Å². The molecule has 0 spiro atoms. The number of fused-ring (bicyclic) bond motifs is 1. The average molecular weight is 542 g/mol. The fraction of sp³-hybridized carbons (Fsp3) is 0.258. The van der Waals surface area contributed by atoms with E-state index in [0.717, 1.165) is 29.5 Å². The Hall–Kier alpha value is -4.63. The normalized spacial score (nSPS) is 12.4. The number of amides is 2. The zero-order valence-corrected chi connectivity index (χ0v) is 22.9. The molecule has 0 saturated heterocycles. The molecule has 9 nitrogen and oxygen atoms in total. The van der Waals surface area contributed by atoms with Crippen molar-refractivity contribution in [2.75, 3.05) is 35.6 Å². The number of carbonyl (C=O) groups is 2. The van der Waals surface area contributed by atoms with Gasteiger partial charge in [0.25, 0.3) is 11.8 Å². The minimum Gasteiger partial charge on any atom is -0.494 e. The number of carbonyl (C=O) groups excluding carboxylic acids is 2. The first-order valence-electron chi connectivity index (χ1n) is 13.4. The van der Waals surface area contributed by atoms with E-state index in [1.807, 2.05) is 19.1 Å². The van der Waals surface area contributed by atoms with Gasteiger partial charge in [0.2, 0.25) is 0 Å². The Kier molecular flexibility index (Phi) is 9.19. The Morgan fingerprint density at radius 1 is 1.00 bits per heavy atom. The molecule has 5 N–H and O–H groups in total. The summed E-state index contributed by atoms with van der Waals surface area (Å²) in [6.07, 6.45) is -0.0159. The number of nitrogens with two attached hydrogens (primary N) is 1. The molecule has 2 amide bonds. The summed E-state index contributed by atoms with van der Waals surface area (Å²) in [6, 6.07) is 20.1. The second-order valence-electron chi connectivity index (χ2n) is 9.24. The lowest BCUT2D eigenvalue weighted by molar-refractivity contribution is -0.125. The summed E-state index contributed by atoms with van der Waals surface area (Å²) < 4.78 is 5.61. The molecule has 0 saturated carbocycles. The van der Waals surface area contributed by atoms with Gasteiger partial charge in [-0.1, -0.05) is 12.1 Å². The number of rotatable bonds is 11. The van der Waals surface area contributed by atoms with Crippen molar-refractivity contribution < 1.29 is 19.4 Å². The summed E-state index contributed by atoms with van der Waals surface area (Å²) in [4.78, 5) is 32.8. The van der Waals surface area contributed by atoms with Crippen LogP contribution in [0, 0.1) is 0 Å². The van der Waals surface area contributed by atoms with Crippen LogP contribution in [0.4, 0.5) is 17.2 Å². The highest BCUT2D eigenvalue weighted by Gasteiger charge is 2.30. The molecule has 4 aromatic rings. The predicted octanol–water partition coefficient (Wildman–Crippen LogP) is 4.53. The van der Waals surface area contributed by atoms with E-state index < -0.39 is 24.0 Å². The van der Waals surface area contributed by atoms with Crippen LogP contribution in [0.1, 0.15) is 42.7 Å². The minimum atomic E-state index is -1.60. The topological polar surface area (TPSA) is 130 Å². The van der Waals surface area contributed by atoms with Gasteiger partial charge in [-0.25, -0.2) is 4.98 Å². The van der Waals surface area contributed by atoms with Gasteiger partial charge in [-0.3, -0.25) is 9.59 Å². The number of aliphatic hydroxyl groups is 1. The SMILES string of the molecule is CCOc1cccc(C(NC(=O)c2ccc(N(CC)CC)cc2)C(O)C(=O)Nc2ccc3c(N)nccc3c2)c1. The summed E-state index contributed by atoms with van der Waals surface area (Å²) in [5, 5.41) is 18.4. The molecule has 0 bridgehead atoms. The van der Waals surface area contributed by atoms with E-state index in [0.29, 0.717) is 35.0 Å². The molecule has 2 unspecified atom stereocenters. The lowest BCUT2D eigenvalue weighted by atomic mass is 9.99. The van der Waals surface area contributed by atoms with Crippen molar-refractivity contribution in [2.24, 2.45) is 0 Å². The van der Waals surface area contributed by atoms with Crippen LogP contribution < -0.4 is 26.0 Å². The highest BCUT2D eigenvalue weighted by molar-refractivity contribution is 6.00. The van der Waals surface area contributed by atoms with Gasteiger partial charge in [0.05, 0.1) is 12.6 Å². The maximum Gasteiger partial charge on any atom is 0.255 e. The quantitative estimate of drug-likeness (QED) is 0.219. The molecule has 1 aromatic heterocycles. The highest BCUT2D eigenvalue weighted by Crippen LogP contribution is 2.26. The molecule has 208 valence electrons. The molecule has 0 aliphatic heterocycles. The Labute approximate surface area is 234 Å². The first-order valence-corrected chi connectivity index (χ1v) is 13.4. The zero-order chi connectivity index (χ0) is 28.6. The molecule has 3 aromatic carbocycles. The fourth-order valence-electron chi connectivity index (χ4n) is 4.59. The number of hydrogen-bond donors (Lipinski definition) is 4. The molecule has 0 radical (unpaired) electrons. The molecular weight excluding hydrogens is 506 g/mol. The highest BCUT2D eigenvalue weighted by atomic mass is 16.5. The van der Waals surface area contributed by atoms with Crippen LogP contribution in [0.2, 0.25) is 0 Å². The van der Waals surface area contributed by atoms with Crippen LogP contribution in [0.3, 0.4) is 0 Å². The molecule has 9 heteroatoms. The van der Waals surface area contributed by atoms with Crippen molar-refractivity contribution in [1.82, 2.24) is 10.3 Å². The molecule has 0 aliphatic rings. The second kappa shape index (κ2) is 12.9. The van der Waals surface area contributed by atoms with Gasteiger partial charge in [0, 0.05) is 41.6 Å². The predicted molar refractivity (Wildman–Crippen MR) is 159 cm³/mol. The van der Waals surface area contributed by atoms with Crippen molar-refractivity contribution >= 4 is 39.8 Å². The number of hydrogen-bond acceptors (Lipinski definition) is 7. The number of anilines is 3. The standard InChI is InChI=1S/C31H35N5O4/c1-4-36(5-2)24-13-10-20(11-14-24)30(38)35-27(22-8-7-9-25(19-22)40-6-3)28(37)31(39)34-23-12-15-26-21(18-23)16-17-33-29(26)32/h7-19,27-28,37H,4-6H2,1-3H3,(H2,32,33)(H,34,39)(H,35,38). The number of nitrogens with one attached hydrogen (secondary N) is 2. The van der Waals surface area contributed by atoms with E-state index in [1.165, 1.54) is 0 Å². The number of aliphatic hydroxyl groups excluding tert-OH is 1. The van der Waals surface area contributed by atoms with Crippen molar-refractivity contribution in [3.63, 3.8) is 0 Å². The van der Waals surface area contributed by atoms with Crippen LogP contribution in [0.5, 0.6) is 5.75 Å². The number of nitrogens with zero attached hydrogens (tertiary/aromatic N) is 2. The monoisotopic (exact) mass is 541 g/mol. The largest absolute Gasteiger partial charge is 0.494 e. The summed E-state index contributed by atoms with van der Waals surface area (Å²) in [5.41, 5.74) is 8.36. The Bertz CT molecular complexity index is 1470. The molecule has 0 fully saturated rings. The van der Waals surface area contributed by atoms with Crippen LogP contribution in [-0.2, 0) is 4.79 Å². The molecular formula is C31H35N5O4. The Balaban J connectivity index is 1.59. The van der Waals surface area contributed by atoms with Gasteiger partial charge in [-0.2, -0.15) is 0 Å². The number of benzene rings is 3. The number of pyridine rings is 1. The van der Waals surface area contributed by atoms with Gasteiger partial charge >= 0.3 is 0 Å². The van der Waals surface area contributed by atoms with E-state index in [2.05, 4.69) is 34.4 Å². The third kappa shape index (κ3) is 6.50. The van der Waals surface area contributed by atoms with Crippen LogP contribution in [0.25, 0.3) is 10.8 Å². The van der Waals surface area contributed by atoms with E-state index in [-0.39, 0.29) is 0 Å². The number of ether oxygens (including phenoxy) is 1. The third-order valence-corrected chi connectivity index (χ3v) is 6.72. The minimum absolute atomic E-state index is 0.387. The maximum absolute atomic E-state index is 13.3. The zero-order valence-electron chi connectivity index (χ0n) is 22.9. The van der Waals surface area contributed by atoms with Gasteiger partial charge in [-0.15, -0.1) is 0 Å². The van der Waals surface area contributed by atoms with Crippen molar-refractivity contribution in [3.05, 3.63) is 90.1 Å². The fourth-order valence-corrected chi connectivity index (χ4v) is 4.59. The summed E-state index contributed by atoms with van der Waals surface area (Å²) >= 11 is 0. The summed E-state index contributed by atoms with van der Waals surface area (Å²) in [7, 11) is 0. The lowest BCUT2D eigenvalue weighted by Gasteiger charge is -2.25. The van der Waals surface area contributed by atoms with E-state index >= 15 is 0 Å². The average Bonchev–Trinajstić information content (AvgIpc) is 2.97. The summed E-state index contributed by atoms with van der Waals surface area (Å²) in [5.74, 6) is -0.141. The molecule has 0 aliphatic carbocycles. The third-order valence-electron chi connectivity index (χ3n) is 6.72. The molecule has 1 heterocycles. The Morgan fingerprint density at radius 3 is 2.45 bits per heavy atom. The molecule has 2 atom stereocenters. The van der Waals surface area contributed by atoms with Gasteiger partial charge < -0.3 is 31.1 Å². The first-order chi connectivity index (χ1) is 19.3. The van der Waals surface area contributed by atoms with Gasteiger partial charge in [0.1, 0.15) is 11.6 Å². The van der Waals surface area contributed by atoms with Crippen molar-refractivity contribution in [1.29, 1.82) is 0 Å². The lowest BCUT2D eigenvalue weighted by Crippen LogP contribution is -2.42. The van der Waals surface area contributed by atoms with Crippen LogP contribution in [-0.4, -0.2) is 47.7 Å². The van der Waals surface area contributed by atoms with Gasteiger partial charge in [0.15, 0.2) is 6.10 Å². The van der Waals surface area contributed by atoms with Gasteiger partial charge in [-0.05, 0) is 92.4 Å². The second-order valence-corrected chi connectivity index (χ2v) is 9.24. The number of nitrogen functional groups attached to an aromatic ring is 1. The number of aromatic nitrogens is 1. The maximum atomic E-state index is 13.3. The van der Waals surface area contributed by atoms with E-state index in [1.54, 1.807) is 66.9 Å². The molecule has 40 heavy (non-hydrogen) atoms. The van der Waals surface area contributed by atoms with Crippen LogP contribution in [0.15, 0.2) is 79.0 Å². The molecule has 4 rings (SSSR count). The summed E-state index contributed by atoms with van der Waals surface area (Å²) in [6.45, 7) is 8.16. The smallest absolute Gasteiger partial charge is 0.255 e. The van der Waals surface area contributed by atoms with E-state index in [9.17, 15) is 14.7 Å². The van der Waals surface area contributed by atoms with Crippen LogP contribution >= 0.6 is 0 Å². The van der Waals surface area contributed by atoms with Crippen molar-refractivity contribution in [2.45, 2.75) is 32.9 Å². The van der Waals surface area contributed by atoms with E-state index in [4.69, 9.17) is 10.5 Å².